The Labute approximate surface area is 117 Å². The van der Waals surface area contributed by atoms with Crippen LogP contribution in [0.4, 0.5) is 11.5 Å². The van der Waals surface area contributed by atoms with E-state index in [9.17, 15) is 4.79 Å². The SMILES string of the molecule is Cc1cc(Nc2cccc(C(=O)O)c2)nc(C(C)C)n1. The molecule has 0 aliphatic rings. The fourth-order valence-corrected chi connectivity index (χ4v) is 1.79. The van der Waals surface area contributed by atoms with Gasteiger partial charge in [0.15, 0.2) is 0 Å². The number of nitrogens with zero attached hydrogens (tertiary/aromatic N) is 2. The smallest absolute Gasteiger partial charge is 0.335 e. The molecular formula is C15H17N3O2. The first-order valence-corrected chi connectivity index (χ1v) is 6.41. The number of carbonyl (C=O) groups is 1. The van der Waals surface area contributed by atoms with Crippen molar-refractivity contribution in [3.8, 4) is 0 Å². The Bertz CT molecular complexity index is 639. The maximum atomic E-state index is 10.9. The predicted molar refractivity (Wildman–Crippen MR) is 77.5 cm³/mol. The Hall–Kier alpha value is -2.43. The highest BCUT2D eigenvalue weighted by Crippen LogP contribution is 2.19. The van der Waals surface area contributed by atoms with Crippen LogP contribution in [0.3, 0.4) is 0 Å². The van der Waals surface area contributed by atoms with E-state index in [-0.39, 0.29) is 11.5 Å². The van der Waals surface area contributed by atoms with E-state index in [2.05, 4.69) is 15.3 Å². The van der Waals surface area contributed by atoms with Crippen LogP contribution in [0.5, 0.6) is 0 Å². The third kappa shape index (κ3) is 3.32. The summed E-state index contributed by atoms with van der Waals surface area (Å²) in [6.45, 7) is 5.97. The number of anilines is 2. The van der Waals surface area contributed by atoms with Gasteiger partial charge in [0.2, 0.25) is 0 Å². The van der Waals surface area contributed by atoms with E-state index in [1.165, 1.54) is 0 Å². The van der Waals surface area contributed by atoms with Gasteiger partial charge in [-0.1, -0.05) is 19.9 Å². The molecule has 0 radical (unpaired) electrons. The molecule has 0 aliphatic carbocycles. The number of hydrogen-bond donors (Lipinski definition) is 2. The van der Waals surface area contributed by atoms with Crippen molar-refractivity contribution in [3.05, 3.63) is 47.4 Å². The maximum Gasteiger partial charge on any atom is 0.335 e. The van der Waals surface area contributed by atoms with Gasteiger partial charge in [-0.2, -0.15) is 0 Å². The van der Waals surface area contributed by atoms with Gasteiger partial charge >= 0.3 is 5.97 Å². The average Bonchev–Trinajstić information content (AvgIpc) is 2.38. The van der Waals surface area contributed by atoms with Crippen LogP contribution >= 0.6 is 0 Å². The second kappa shape index (κ2) is 5.69. The molecule has 0 amide bonds. The number of aromatic nitrogens is 2. The molecular weight excluding hydrogens is 254 g/mol. The summed E-state index contributed by atoms with van der Waals surface area (Å²) >= 11 is 0. The van der Waals surface area contributed by atoms with Crippen LogP contribution in [0.2, 0.25) is 0 Å². The number of carboxylic acid groups (broad SMARTS) is 1. The Morgan fingerprint density at radius 2 is 2.00 bits per heavy atom. The van der Waals surface area contributed by atoms with Crippen molar-refractivity contribution >= 4 is 17.5 Å². The molecule has 5 nitrogen and oxygen atoms in total. The molecule has 5 heteroatoms. The number of aromatic carboxylic acids is 1. The number of hydrogen-bond acceptors (Lipinski definition) is 4. The highest BCUT2D eigenvalue weighted by atomic mass is 16.4. The third-order valence-electron chi connectivity index (χ3n) is 2.77. The molecule has 0 saturated carbocycles. The second-order valence-electron chi connectivity index (χ2n) is 4.92. The molecule has 0 saturated heterocycles. The van der Waals surface area contributed by atoms with Gasteiger partial charge in [-0.15, -0.1) is 0 Å². The first-order valence-electron chi connectivity index (χ1n) is 6.41. The van der Waals surface area contributed by atoms with Crippen LogP contribution in [0.15, 0.2) is 30.3 Å². The third-order valence-corrected chi connectivity index (χ3v) is 2.77. The summed E-state index contributed by atoms with van der Waals surface area (Å²) in [4.78, 5) is 19.8. The largest absolute Gasteiger partial charge is 0.478 e. The summed E-state index contributed by atoms with van der Waals surface area (Å²) < 4.78 is 0. The molecule has 0 unspecified atom stereocenters. The van der Waals surface area contributed by atoms with Crippen molar-refractivity contribution in [1.29, 1.82) is 0 Å². The zero-order valence-corrected chi connectivity index (χ0v) is 11.7. The highest BCUT2D eigenvalue weighted by molar-refractivity contribution is 5.89. The minimum Gasteiger partial charge on any atom is -0.478 e. The second-order valence-corrected chi connectivity index (χ2v) is 4.92. The normalized spacial score (nSPS) is 10.6. The zero-order chi connectivity index (χ0) is 14.7. The van der Waals surface area contributed by atoms with Crippen LogP contribution < -0.4 is 5.32 Å². The molecule has 1 heterocycles. The van der Waals surface area contributed by atoms with Gasteiger partial charge in [-0.3, -0.25) is 0 Å². The van der Waals surface area contributed by atoms with Gasteiger partial charge in [-0.05, 0) is 25.1 Å². The lowest BCUT2D eigenvalue weighted by Gasteiger charge is -2.10. The molecule has 2 N–H and O–H groups in total. The Morgan fingerprint density at radius 1 is 1.25 bits per heavy atom. The number of benzene rings is 1. The van der Waals surface area contributed by atoms with E-state index in [1.54, 1.807) is 24.3 Å². The van der Waals surface area contributed by atoms with Crippen LogP contribution in [-0.2, 0) is 0 Å². The summed E-state index contributed by atoms with van der Waals surface area (Å²) in [5.41, 5.74) is 1.81. The quantitative estimate of drug-likeness (QED) is 0.891. The van der Waals surface area contributed by atoms with Gasteiger partial charge in [-0.25, -0.2) is 14.8 Å². The summed E-state index contributed by atoms with van der Waals surface area (Å²) in [5, 5.41) is 12.1. The molecule has 1 aromatic carbocycles. The van der Waals surface area contributed by atoms with E-state index in [0.29, 0.717) is 11.5 Å². The van der Waals surface area contributed by atoms with Crippen molar-refractivity contribution in [1.82, 2.24) is 9.97 Å². The zero-order valence-electron chi connectivity index (χ0n) is 11.7. The maximum absolute atomic E-state index is 10.9. The number of rotatable bonds is 4. The predicted octanol–water partition coefficient (Wildman–Crippen LogP) is 3.35. The van der Waals surface area contributed by atoms with Gasteiger partial charge in [0.05, 0.1) is 5.56 Å². The Balaban J connectivity index is 2.30. The van der Waals surface area contributed by atoms with Crippen molar-refractivity contribution in [2.45, 2.75) is 26.7 Å². The number of nitrogens with one attached hydrogen (secondary N) is 1. The van der Waals surface area contributed by atoms with E-state index in [1.807, 2.05) is 26.8 Å². The molecule has 0 spiro atoms. The van der Waals surface area contributed by atoms with Crippen LogP contribution in [0.25, 0.3) is 0 Å². The fraction of sp³-hybridized carbons (Fsp3) is 0.267. The minimum absolute atomic E-state index is 0.237. The summed E-state index contributed by atoms with van der Waals surface area (Å²) in [6.07, 6.45) is 0. The lowest BCUT2D eigenvalue weighted by Crippen LogP contribution is -2.04. The fourth-order valence-electron chi connectivity index (χ4n) is 1.79. The molecule has 20 heavy (non-hydrogen) atoms. The van der Waals surface area contributed by atoms with E-state index in [4.69, 9.17) is 5.11 Å². The molecule has 2 rings (SSSR count). The van der Waals surface area contributed by atoms with Gasteiger partial charge in [0.25, 0.3) is 0 Å². The van der Waals surface area contributed by atoms with E-state index in [0.717, 1.165) is 11.5 Å². The molecule has 0 bridgehead atoms. The topological polar surface area (TPSA) is 75.1 Å². The average molecular weight is 271 g/mol. The van der Waals surface area contributed by atoms with Crippen molar-refractivity contribution in [2.24, 2.45) is 0 Å². The molecule has 2 aromatic rings. The molecule has 104 valence electrons. The molecule has 0 aliphatic heterocycles. The molecule has 0 atom stereocenters. The van der Waals surface area contributed by atoms with Crippen LogP contribution in [0, 0.1) is 6.92 Å². The first kappa shape index (κ1) is 14.0. The lowest BCUT2D eigenvalue weighted by atomic mass is 10.2. The Kier molecular flexibility index (Phi) is 3.98. The monoisotopic (exact) mass is 271 g/mol. The number of carboxylic acids is 1. The summed E-state index contributed by atoms with van der Waals surface area (Å²) in [7, 11) is 0. The summed E-state index contributed by atoms with van der Waals surface area (Å²) in [6, 6.07) is 8.47. The van der Waals surface area contributed by atoms with E-state index >= 15 is 0 Å². The van der Waals surface area contributed by atoms with Crippen molar-refractivity contribution < 1.29 is 9.90 Å². The van der Waals surface area contributed by atoms with Gasteiger partial charge < -0.3 is 10.4 Å². The van der Waals surface area contributed by atoms with Gasteiger partial charge in [0.1, 0.15) is 11.6 Å². The standard InChI is InChI=1S/C15H17N3O2/c1-9(2)14-16-10(3)7-13(18-14)17-12-6-4-5-11(8-12)15(19)20/h4-9H,1-3H3,(H,19,20)(H,16,17,18). The molecule has 1 aromatic heterocycles. The van der Waals surface area contributed by atoms with E-state index < -0.39 is 5.97 Å². The van der Waals surface area contributed by atoms with Crippen molar-refractivity contribution in [3.63, 3.8) is 0 Å². The summed E-state index contributed by atoms with van der Waals surface area (Å²) in [5.74, 6) is 0.724. The number of aryl methyl sites for hydroxylation is 1. The first-order chi connectivity index (χ1) is 9.45. The minimum atomic E-state index is -0.949. The van der Waals surface area contributed by atoms with Crippen LogP contribution in [-0.4, -0.2) is 21.0 Å². The van der Waals surface area contributed by atoms with Crippen LogP contribution in [0.1, 0.15) is 41.6 Å². The highest BCUT2D eigenvalue weighted by Gasteiger charge is 2.07. The van der Waals surface area contributed by atoms with Gasteiger partial charge in [0, 0.05) is 23.4 Å². The Morgan fingerprint density at radius 3 is 2.65 bits per heavy atom. The lowest BCUT2D eigenvalue weighted by molar-refractivity contribution is 0.0697. The molecule has 0 fully saturated rings. The van der Waals surface area contributed by atoms with Crippen molar-refractivity contribution in [2.75, 3.05) is 5.32 Å².